The highest BCUT2D eigenvalue weighted by Gasteiger charge is 2.18. The van der Waals surface area contributed by atoms with Crippen molar-refractivity contribution in [2.24, 2.45) is 5.92 Å². The van der Waals surface area contributed by atoms with Gasteiger partial charge in [0.05, 0.1) is 13.0 Å². The molecule has 0 aliphatic heterocycles. The number of nitrogens with two attached hydrogens (primary N) is 1. The van der Waals surface area contributed by atoms with Crippen LogP contribution in [0.25, 0.3) is 0 Å². The van der Waals surface area contributed by atoms with Gasteiger partial charge in [-0.05, 0) is 5.56 Å². The molecule has 1 aromatic heterocycles. The van der Waals surface area contributed by atoms with Crippen molar-refractivity contribution < 1.29 is 9.53 Å². The van der Waals surface area contributed by atoms with Gasteiger partial charge >= 0.3 is 5.97 Å². The van der Waals surface area contributed by atoms with Crippen LogP contribution in [0.4, 0.5) is 5.13 Å². The monoisotopic (exact) mass is 319 g/mol. The molecular formula is C16H21N3O2S. The Bertz CT molecular complexity index is 600. The summed E-state index contributed by atoms with van der Waals surface area (Å²) in [5, 5.41) is 0.565. The van der Waals surface area contributed by atoms with Gasteiger partial charge in [-0.1, -0.05) is 37.3 Å². The highest BCUT2D eigenvalue weighted by molar-refractivity contribution is 7.15. The lowest BCUT2D eigenvalue weighted by Gasteiger charge is -2.24. The summed E-state index contributed by atoms with van der Waals surface area (Å²) in [5.41, 5.74) is 6.90. The number of anilines is 1. The molecule has 0 spiro atoms. The van der Waals surface area contributed by atoms with Crippen LogP contribution in [0.5, 0.6) is 0 Å². The van der Waals surface area contributed by atoms with Gasteiger partial charge in [-0.25, -0.2) is 4.98 Å². The third kappa shape index (κ3) is 4.82. The number of hydrogen-bond acceptors (Lipinski definition) is 6. The largest absolute Gasteiger partial charge is 0.469 e. The maximum Gasteiger partial charge on any atom is 0.309 e. The Kier molecular flexibility index (Phi) is 5.91. The van der Waals surface area contributed by atoms with Crippen molar-refractivity contribution >= 4 is 22.4 Å². The van der Waals surface area contributed by atoms with Gasteiger partial charge in [0.1, 0.15) is 0 Å². The molecule has 0 aliphatic rings. The van der Waals surface area contributed by atoms with Crippen molar-refractivity contribution in [3.05, 3.63) is 47.0 Å². The van der Waals surface area contributed by atoms with E-state index in [9.17, 15) is 4.79 Å². The summed E-state index contributed by atoms with van der Waals surface area (Å²) in [6, 6.07) is 10.2. The fraction of sp³-hybridized carbons (Fsp3) is 0.375. The van der Waals surface area contributed by atoms with Crippen molar-refractivity contribution in [3.63, 3.8) is 0 Å². The molecular weight excluding hydrogens is 298 g/mol. The standard InChI is InChI=1S/C16H21N3O2S/c1-12(15(20)21-2)9-19(10-13-6-4-3-5-7-13)11-14-8-18-16(17)22-14/h3-8,12H,9-11H2,1-2H3,(H2,17,18). The van der Waals surface area contributed by atoms with Crippen LogP contribution < -0.4 is 5.73 Å². The number of ether oxygens (including phenoxy) is 1. The van der Waals surface area contributed by atoms with Crippen LogP contribution in [-0.4, -0.2) is 29.5 Å². The number of nitrogen functional groups attached to an aromatic ring is 1. The lowest BCUT2D eigenvalue weighted by Crippen LogP contribution is -2.31. The Morgan fingerprint density at radius 3 is 2.68 bits per heavy atom. The highest BCUT2D eigenvalue weighted by Crippen LogP contribution is 2.19. The number of thiazole rings is 1. The Hall–Kier alpha value is -1.92. The molecule has 1 unspecified atom stereocenters. The van der Waals surface area contributed by atoms with Crippen LogP contribution in [0.3, 0.4) is 0 Å². The van der Waals surface area contributed by atoms with Gasteiger partial charge in [0.15, 0.2) is 5.13 Å². The quantitative estimate of drug-likeness (QED) is 0.794. The average Bonchev–Trinajstić information content (AvgIpc) is 2.92. The van der Waals surface area contributed by atoms with Crippen molar-refractivity contribution in [2.75, 3.05) is 19.4 Å². The molecule has 22 heavy (non-hydrogen) atoms. The number of nitrogens with zero attached hydrogens (tertiary/aromatic N) is 2. The number of benzene rings is 1. The summed E-state index contributed by atoms with van der Waals surface area (Å²) >= 11 is 1.48. The summed E-state index contributed by atoms with van der Waals surface area (Å²) in [4.78, 5) is 19.1. The summed E-state index contributed by atoms with van der Waals surface area (Å²) in [7, 11) is 1.42. The SMILES string of the molecule is COC(=O)C(C)CN(Cc1ccccc1)Cc1cnc(N)s1. The first-order valence-corrected chi connectivity index (χ1v) is 7.94. The maximum atomic E-state index is 11.7. The molecule has 0 saturated heterocycles. The van der Waals surface area contributed by atoms with Crippen LogP contribution in [0.1, 0.15) is 17.4 Å². The first kappa shape index (κ1) is 16.5. The van der Waals surface area contributed by atoms with E-state index in [0.717, 1.165) is 11.4 Å². The molecule has 0 radical (unpaired) electrons. The van der Waals surface area contributed by atoms with Crippen molar-refractivity contribution in [1.29, 1.82) is 0 Å². The molecule has 1 aromatic carbocycles. The molecule has 2 rings (SSSR count). The van der Waals surface area contributed by atoms with Crippen LogP contribution in [-0.2, 0) is 22.6 Å². The molecule has 0 fully saturated rings. The molecule has 0 bridgehead atoms. The van der Waals surface area contributed by atoms with Crippen LogP contribution in [0, 0.1) is 5.92 Å². The second-order valence-corrected chi connectivity index (χ2v) is 6.39. The minimum atomic E-state index is -0.193. The Labute approximate surface area is 134 Å². The molecule has 1 atom stereocenters. The van der Waals surface area contributed by atoms with Crippen LogP contribution in [0.15, 0.2) is 36.5 Å². The summed E-state index contributed by atoms with van der Waals surface area (Å²) < 4.78 is 4.82. The maximum absolute atomic E-state index is 11.7. The van der Waals surface area contributed by atoms with Gasteiger partial charge in [-0.3, -0.25) is 9.69 Å². The topological polar surface area (TPSA) is 68.5 Å². The molecule has 2 N–H and O–H groups in total. The van der Waals surface area contributed by atoms with Crippen LogP contribution in [0.2, 0.25) is 0 Å². The van der Waals surface area contributed by atoms with E-state index in [-0.39, 0.29) is 11.9 Å². The van der Waals surface area contributed by atoms with Crippen molar-refractivity contribution in [1.82, 2.24) is 9.88 Å². The molecule has 1 heterocycles. The first-order valence-electron chi connectivity index (χ1n) is 7.12. The minimum Gasteiger partial charge on any atom is -0.469 e. The van der Waals surface area contributed by atoms with Gasteiger partial charge in [0.25, 0.3) is 0 Å². The Morgan fingerprint density at radius 2 is 2.09 bits per heavy atom. The molecule has 0 aliphatic carbocycles. The zero-order valence-corrected chi connectivity index (χ0v) is 13.7. The third-order valence-corrected chi connectivity index (χ3v) is 4.15. The number of methoxy groups -OCH3 is 1. The van der Waals surface area contributed by atoms with Crippen molar-refractivity contribution in [2.45, 2.75) is 20.0 Å². The predicted molar refractivity (Wildman–Crippen MR) is 88.3 cm³/mol. The van der Waals surface area contributed by atoms with Crippen LogP contribution >= 0.6 is 11.3 Å². The fourth-order valence-electron chi connectivity index (χ4n) is 2.31. The normalized spacial score (nSPS) is 12.3. The lowest BCUT2D eigenvalue weighted by molar-refractivity contribution is -0.145. The summed E-state index contributed by atoms with van der Waals surface area (Å²) in [5.74, 6) is -0.374. The zero-order chi connectivity index (χ0) is 15.9. The lowest BCUT2D eigenvalue weighted by atomic mass is 10.1. The predicted octanol–water partition coefficient (Wildman–Crippen LogP) is 2.54. The number of rotatable bonds is 7. The second kappa shape index (κ2) is 7.91. The second-order valence-electron chi connectivity index (χ2n) is 5.24. The molecule has 0 amide bonds. The Balaban J connectivity index is 2.07. The van der Waals surface area contributed by atoms with E-state index in [4.69, 9.17) is 10.5 Å². The van der Waals surface area contributed by atoms with Gasteiger partial charge in [0.2, 0.25) is 0 Å². The Morgan fingerprint density at radius 1 is 1.36 bits per heavy atom. The minimum absolute atomic E-state index is 0.181. The number of hydrogen-bond donors (Lipinski definition) is 1. The van der Waals surface area contributed by atoms with Gasteiger partial charge < -0.3 is 10.5 Å². The van der Waals surface area contributed by atoms with E-state index < -0.39 is 0 Å². The van der Waals surface area contributed by atoms with Gasteiger partial charge in [-0.15, -0.1) is 11.3 Å². The number of esters is 1. The average molecular weight is 319 g/mol. The molecule has 0 saturated carbocycles. The molecule has 2 aromatic rings. The zero-order valence-electron chi connectivity index (χ0n) is 12.9. The van der Waals surface area contributed by atoms with Gasteiger partial charge in [-0.2, -0.15) is 0 Å². The molecule has 6 heteroatoms. The van der Waals surface area contributed by atoms with E-state index in [1.165, 1.54) is 24.0 Å². The van der Waals surface area contributed by atoms with Crippen molar-refractivity contribution in [3.8, 4) is 0 Å². The number of carbonyl (C=O) groups excluding carboxylic acids is 1. The highest BCUT2D eigenvalue weighted by atomic mass is 32.1. The summed E-state index contributed by atoms with van der Waals surface area (Å²) in [6.07, 6.45) is 1.79. The summed E-state index contributed by atoms with van der Waals surface area (Å²) in [6.45, 7) is 3.98. The fourth-order valence-corrected chi connectivity index (χ4v) is 3.03. The first-order chi connectivity index (χ1) is 10.6. The van der Waals surface area contributed by atoms with E-state index in [1.807, 2.05) is 25.1 Å². The van der Waals surface area contributed by atoms with E-state index in [2.05, 4.69) is 22.0 Å². The number of aromatic nitrogens is 1. The van der Waals surface area contributed by atoms with E-state index in [1.54, 1.807) is 6.20 Å². The van der Waals surface area contributed by atoms with E-state index in [0.29, 0.717) is 18.2 Å². The number of carbonyl (C=O) groups is 1. The third-order valence-electron chi connectivity index (χ3n) is 3.34. The molecule has 5 nitrogen and oxygen atoms in total. The van der Waals surface area contributed by atoms with Gasteiger partial charge in [0, 0.05) is 30.7 Å². The van der Waals surface area contributed by atoms with E-state index >= 15 is 0 Å². The molecule has 118 valence electrons. The smallest absolute Gasteiger partial charge is 0.309 e.